The van der Waals surface area contributed by atoms with Crippen molar-refractivity contribution in [3.8, 4) is 0 Å². The molecular formula is C14H28. The van der Waals surface area contributed by atoms with E-state index in [9.17, 15) is 0 Å². The van der Waals surface area contributed by atoms with Crippen molar-refractivity contribution < 1.29 is 0 Å². The second-order valence-electron chi connectivity index (χ2n) is 5.54. The molecule has 0 heteroatoms. The van der Waals surface area contributed by atoms with Crippen molar-refractivity contribution >= 4 is 0 Å². The number of hydrogen-bond acceptors (Lipinski definition) is 0. The molecule has 0 bridgehead atoms. The fraction of sp³-hybridized carbons (Fsp3) is 1.00. The highest BCUT2D eigenvalue weighted by molar-refractivity contribution is 4.79. The van der Waals surface area contributed by atoms with Gasteiger partial charge in [-0.1, -0.05) is 65.2 Å². The topological polar surface area (TPSA) is 0 Å². The first kappa shape index (κ1) is 12.1. The monoisotopic (exact) mass is 196 g/mol. The average molecular weight is 196 g/mol. The zero-order valence-electron chi connectivity index (χ0n) is 10.3. The summed E-state index contributed by atoms with van der Waals surface area (Å²) in [6.45, 7) is 4.80. The predicted octanol–water partition coefficient (Wildman–Crippen LogP) is 5.32. The van der Waals surface area contributed by atoms with Gasteiger partial charge in [-0.25, -0.2) is 0 Å². The zero-order valence-corrected chi connectivity index (χ0v) is 10.3. The first-order valence-corrected chi connectivity index (χ1v) is 6.77. The standard InChI is InChI=1S/C14H28/c1-3-4-5-6-7-8-11-14(2)12-9-10-13-14/h3-13H2,1-2H3. The fourth-order valence-electron chi connectivity index (χ4n) is 2.81. The Labute approximate surface area is 90.5 Å². The van der Waals surface area contributed by atoms with Crippen molar-refractivity contribution in [3.05, 3.63) is 0 Å². The molecule has 0 radical (unpaired) electrons. The van der Waals surface area contributed by atoms with Crippen LogP contribution in [-0.2, 0) is 0 Å². The minimum absolute atomic E-state index is 0.741. The van der Waals surface area contributed by atoms with Crippen molar-refractivity contribution in [1.82, 2.24) is 0 Å². The molecule has 1 rings (SSSR count). The lowest BCUT2D eigenvalue weighted by Crippen LogP contribution is -2.10. The van der Waals surface area contributed by atoms with Gasteiger partial charge in [0.25, 0.3) is 0 Å². The van der Waals surface area contributed by atoms with E-state index in [-0.39, 0.29) is 0 Å². The van der Waals surface area contributed by atoms with Gasteiger partial charge in [0.2, 0.25) is 0 Å². The van der Waals surface area contributed by atoms with Crippen molar-refractivity contribution in [2.75, 3.05) is 0 Å². The summed E-state index contributed by atoms with van der Waals surface area (Å²) in [4.78, 5) is 0. The Morgan fingerprint density at radius 2 is 1.43 bits per heavy atom. The average Bonchev–Trinajstić information content (AvgIpc) is 2.59. The van der Waals surface area contributed by atoms with E-state index in [2.05, 4.69) is 13.8 Å². The van der Waals surface area contributed by atoms with Crippen LogP contribution >= 0.6 is 0 Å². The summed E-state index contributed by atoms with van der Waals surface area (Å²) in [5.41, 5.74) is 0.741. The van der Waals surface area contributed by atoms with Crippen LogP contribution in [-0.4, -0.2) is 0 Å². The lowest BCUT2D eigenvalue weighted by atomic mass is 9.83. The highest BCUT2D eigenvalue weighted by atomic mass is 14.3. The molecule has 0 aromatic carbocycles. The van der Waals surface area contributed by atoms with Crippen molar-refractivity contribution in [2.24, 2.45) is 5.41 Å². The smallest absolute Gasteiger partial charge is 0.0326 e. The molecule has 1 aliphatic rings. The summed E-state index contributed by atoms with van der Waals surface area (Å²) in [5, 5.41) is 0. The molecule has 0 spiro atoms. The van der Waals surface area contributed by atoms with Gasteiger partial charge in [0.15, 0.2) is 0 Å². The highest BCUT2D eigenvalue weighted by Gasteiger charge is 2.27. The van der Waals surface area contributed by atoms with Gasteiger partial charge in [-0.2, -0.15) is 0 Å². The lowest BCUT2D eigenvalue weighted by molar-refractivity contribution is 0.294. The summed E-state index contributed by atoms with van der Waals surface area (Å²) in [6.07, 6.45) is 16.2. The van der Waals surface area contributed by atoms with Gasteiger partial charge in [0, 0.05) is 0 Å². The number of hydrogen-bond donors (Lipinski definition) is 0. The van der Waals surface area contributed by atoms with Crippen LogP contribution in [0.2, 0.25) is 0 Å². The summed E-state index contributed by atoms with van der Waals surface area (Å²) in [7, 11) is 0. The van der Waals surface area contributed by atoms with E-state index >= 15 is 0 Å². The Kier molecular flexibility index (Phi) is 5.59. The molecule has 0 atom stereocenters. The fourth-order valence-corrected chi connectivity index (χ4v) is 2.81. The largest absolute Gasteiger partial charge is 0.0654 e. The van der Waals surface area contributed by atoms with Crippen LogP contribution in [0.25, 0.3) is 0 Å². The molecule has 0 amide bonds. The Hall–Kier alpha value is 0. The minimum atomic E-state index is 0.741. The van der Waals surface area contributed by atoms with Gasteiger partial charge in [0.1, 0.15) is 0 Å². The molecule has 0 unspecified atom stereocenters. The third kappa shape index (κ3) is 4.48. The molecule has 0 N–H and O–H groups in total. The van der Waals surface area contributed by atoms with Gasteiger partial charge in [-0.05, 0) is 24.7 Å². The van der Waals surface area contributed by atoms with E-state index < -0.39 is 0 Å². The maximum atomic E-state index is 2.51. The molecule has 14 heavy (non-hydrogen) atoms. The predicted molar refractivity (Wildman–Crippen MR) is 64.6 cm³/mol. The quantitative estimate of drug-likeness (QED) is 0.484. The van der Waals surface area contributed by atoms with E-state index in [1.807, 2.05) is 0 Å². The summed E-state index contributed by atoms with van der Waals surface area (Å²) in [6, 6.07) is 0. The Bertz CT molecular complexity index is 131. The number of unbranched alkanes of at least 4 members (excludes halogenated alkanes) is 5. The van der Waals surface area contributed by atoms with Gasteiger partial charge in [-0.3, -0.25) is 0 Å². The van der Waals surface area contributed by atoms with E-state index in [1.54, 1.807) is 0 Å². The molecule has 1 aliphatic carbocycles. The maximum Gasteiger partial charge on any atom is -0.0326 e. The number of rotatable bonds is 7. The van der Waals surface area contributed by atoms with Crippen LogP contribution in [0.15, 0.2) is 0 Å². The SMILES string of the molecule is CCCCCCCCC1(C)CCCC1. The molecule has 0 nitrogen and oxygen atoms in total. The molecule has 0 saturated heterocycles. The van der Waals surface area contributed by atoms with Gasteiger partial charge in [0.05, 0.1) is 0 Å². The molecule has 1 saturated carbocycles. The van der Waals surface area contributed by atoms with Gasteiger partial charge in [-0.15, -0.1) is 0 Å². The van der Waals surface area contributed by atoms with E-state index in [0.29, 0.717) is 0 Å². The first-order valence-electron chi connectivity index (χ1n) is 6.77. The lowest BCUT2D eigenvalue weighted by Gasteiger charge is -2.22. The first-order chi connectivity index (χ1) is 6.77. The van der Waals surface area contributed by atoms with Crippen molar-refractivity contribution in [3.63, 3.8) is 0 Å². The summed E-state index contributed by atoms with van der Waals surface area (Å²) < 4.78 is 0. The van der Waals surface area contributed by atoms with E-state index in [0.717, 1.165) is 5.41 Å². The van der Waals surface area contributed by atoms with Crippen molar-refractivity contribution in [1.29, 1.82) is 0 Å². The Morgan fingerprint density at radius 1 is 0.857 bits per heavy atom. The van der Waals surface area contributed by atoms with Crippen LogP contribution in [0.1, 0.15) is 84.5 Å². The molecule has 0 aliphatic heterocycles. The van der Waals surface area contributed by atoms with E-state index in [1.165, 1.54) is 70.6 Å². The van der Waals surface area contributed by atoms with Crippen LogP contribution in [0, 0.1) is 5.41 Å². The second kappa shape index (κ2) is 6.48. The third-order valence-electron chi connectivity index (χ3n) is 3.94. The Balaban J connectivity index is 1.92. The second-order valence-corrected chi connectivity index (χ2v) is 5.54. The third-order valence-corrected chi connectivity index (χ3v) is 3.94. The van der Waals surface area contributed by atoms with Crippen LogP contribution in [0.3, 0.4) is 0 Å². The van der Waals surface area contributed by atoms with Crippen LogP contribution in [0.4, 0.5) is 0 Å². The molecular weight excluding hydrogens is 168 g/mol. The summed E-state index contributed by atoms with van der Waals surface area (Å²) in [5.74, 6) is 0. The summed E-state index contributed by atoms with van der Waals surface area (Å²) >= 11 is 0. The molecule has 1 fully saturated rings. The molecule has 0 aromatic heterocycles. The molecule has 84 valence electrons. The maximum absolute atomic E-state index is 2.51. The van der Waals surface area contributed by atoms with Gasteiger partial charge >= 0.3 is 0 Å². The molecule has 0 heterocycles. The van der Waals surface area contributed by atoms with Crippen molar-refractivity contribution in [2.45, 2.75) is 84.5 Å². The van der Waals surface area contributed by atoms with Crippen LogP contribution < -0.4 is 0 Å². The van der Waals surface area contributed by atoms with E-state index in [4.69, 9.17) is 0 Å². The molecule has 0 aromatic rings. The minimum Gasteiger partial charge on any atom is -0.0654 e. The van der Waals surface area contributed by atoms with Crippen LogP contribution in [0.5, 0.6) is 0 Å². The van der Waals surface area contributed by atoms with Gasteiger partial charge < -0.3 is 0 Å². The highest BCUT2D eigenvalue weighted by Crippen LogP contribution is 2.41. The zero-order chi connectivity index (χ0) is 10.3. The Morgan fingerprint density at radius 3 is 2.07 bits per heavy atom. The normalized spacial score (nSPS) is 20.1.